The highest BCUT2D eigenvalue weighted by molar-refractivity contribution is 6.05. The summed E-state index contributed by atoms with van der Waals surface area (Å²) in [7, 11) is 2.96. The van der Waals surface area contributed by atoms with Gasteiger partial charge in [-0.25, -0.2) is 0 Å². The second-order valence-electron chi connectivity index (χ2n) is 5.84. The van der Waals surface area contributed by atoms with Gasteiger partial charge in [-0.3, -0.25) is 4.79 Å². The maximum absolute atomic E-state index is 13.0. The van der Waals surface area contributed by atoms with Crippen molar-refractivity contribution in [2.24, 2.45) is 5.73 Å². The molecule has 138 valence electrons. The number of rotatable bonds is 4. The Morgan fingerprint density at radius 3 is 2.35 bits per heavy atom. The van der Waals surface area contributed by atoms with Gasteiger partial charge in [0.05, 0.1) is 25.8 Å². The Morgan fingerprint density at radius 1 is 1.04 bits per heavy atom. The lowest BCUT2D eigenvalue weighted by Gasteiger charge is -2.45. The monoisotopic (exact) mass is 366 g/mol. The SMILES string of the molecule is COc1ccc([C@@H]2[C@H](N)C(=O)N2c2cccc(C(F)(F)F)c2)cc1OC. The first-order valence-corrected chi connectivity index (χ1v) is 7.75. The molecule has 8 heteroatoms. The van der Waals surface area contributed by atoms with Gasteiger partial charge in [-0.2, -0.15) is 13.2 Å². The Kier molecular flexibility index (Phi) is 4.53. The molecule has 1 saturated heterocycles. The number of nitrogens with two attached hydrogens (primary N) is 1. The first-order chi connectivity index (χ1) is 12.3. The van der Waals surface area contributed by atoms with E-state index in [2.05, 4.69) is 0 Å². The van der Waals surface area contributed by atoms with E-state index in [4.69, 9.17) is 15.2 Å². The molecule has 0 bridgehead atoms. The molecule has 3 rings (SSSR count). The Hall–Kier alpha value is -2.74. The van der Waals surface area contributed by atoms with Gasteiger partial charge in [0.25, 0.3) is 0 Å². The van der Waals surface area contributed by atoms with Crippen molar-refractivity contribution in [3.63, 3.8) is 0 Å². The zero-order valence-electron chi connectivity index (χ0n) is 14.1. The number of carbonyl (C=O) groups is 1. The molecule has 5 nitrogen and oxygen atoms in total. The Morgan fingerprint density at radius 2 is 1.73 bits per heavy atom. The van der Waals surface area contributed by atoms with E-state index < -0.39 is 29.7 Å². The second-order valence-corrected chi connectivity index (χ2v) is 5.84. The minimum atomic E-state index is -4.50. The summed E-state index contributed by atoms with van der Waals surface area (Å²) in [5.74, 6) is 0.505. The van der Waals surface area contributed by atoms with E-state index in [1.165, 1.54) is 31.3 Å². The molecular weight excluding hydrogens is 349 g/mol. The zero-order chi connectivity index (χ0) is 19.1. The Bertz CT molecular complexity index is 839. The smallest absolute Gasteiger partial charge is 0.416 e. The number of amides is 1. The van der Waals surface area contributed by atoms with Gasteiger partial charge in [0.1, 0.15) is 6.04 Å². The summed E-state index contributed by atoms with van der Waals surface area (Å²) in [6.45, 7) is 0. The van der Waals surface area contributed by atoms with Crippen molar-refractivity contribution in [3.05, 3.63) is 53.6 Å². The molecule has 1 aliphatic heterocycles. The maximum Gasteiger partial charge on any atom is 0.416 e. The van der Waals surface area contributed by atoms with Crippen LogP contribution in [0.3, 0.4) is 0 Å². The van der Waals surface area contributed by atoms with Crippen molar-refractivity contribution in [1.29, 1.82) is 0 Å². The number of benzene rings is 2. The average molecular weight is 366 g/mol. The summed E-state index contributed by atoms with van der Waals surface area (Å²) >= 11 is 0. The molecule has 0 aliphatic carbocycles. The van der Waals surface area contributed by atoms with E-state index in [1.54, 1.807) is 18.2 Å². The number of methoxy groups -OCH3 is 2. The quantitative estimate of drug-likeness (QED) is 0.845. The van der Waals surface area contributed by atoms with Gasteiger partial charge in [0.15, 0.2) is 11.5 Å². The molecule has 2 aromatic carbocycles. The standard InChI is InChI=1S/C18H17F3N2O3/c1-25-13-7-6-10(8-14(13)26-2)16-15(22)17(24)23(16)12-5-3-4-11(9-12)18(19,20)21/h3-9,15-16H,22H2,1-2H3/t15-,16+/m0/s1. The third-order valence-electron chi connectivity index (χ3n) is 4.34. The molecule has 2 atom stereocenters. The number of ether oxygens (including phenoxy) is 2. The highest BCUT2D eigenvalue weighted by Crippen LogP contribution is 2.42. The Balaban J connectivity index is 1.99. The van der Waals surface area contributed by atoms with Crippen LogP contribution in [0.1, 0.15) is 17.2 Å². The van der Waals surface area contributed by atoms with Gasteiger partial charge in [0.2, 0.25) is 5.91 Å². The number of halogens is 3. The molecule has 2 aromatic rings. The number of alkyl halides is 3. The molecule has 26 heavy (non-hydrogen) atoms. The third-order valence-corrected chi connectivity index (χ3v) is 4.34. The van der Waals surface area contributed by atoms with Crippen LogP contribution < -0.4 is 20.1 Å². The summed E-state index contributed by atoms with van der Waals surface area (Å²) < 4.78 is 49.3. The van der Waals surface area contributed by atoms with Crippen LogP contribution in [0, 0.1) is 0 Å². The van der Waals surface area contributed by atoms with Crippen molar-refractivity contribution in [2.75, 3.05) is 19.1 Å². The number of hydrogen-bond donors (Lipinski definition) is 1. The van der Waals surface area contributed by atoms with E-state index in [-0.39, 0.29) is 5.69 Å². The second kappa shape index (κ2) is 6.53. The number of carbonyl (C=O) groups excluding carboxylic acids is 1. The minimum absolute atomic E-state index is 0.145. The zero-order valence-corrected chi connectivity index (χ0v) is 14.1. The summed E-state index contributed by atoms with van der Waals surface area (Å²) in [6, 6.07) is 8.21. The van der Waals surface area contributed by atoms with Crippen LogP contribution in [0.2, 0.25) is 0 Å². The van der Waals surface area contributed by atoms with Crippen molar-refractivity contribution in [2.45, 2.75) is 18.3 Å². The van der Waals surface area contributed by atoms with Gasteiger partial charge in [0, 0.05) is 5.69 Å². The lowest BCUT2D eigenvalue weighted by molar-refractivity contribution is -0.137. The fraction of sp³-hybridized carbons (Fsp3) is 0.278. The van der Waals surface area contributed by atoms with Crippen LogP contribution in [0.5, 0.6) is 11.5 Å². The lowest BCUT2D eigenvalue weighted by Crippen LogP contribution is -2.63. The molecule has 0 aromatic heterocycles. The van der Waals surface area contributed by atoms with E-state index in [0.717, 1.165) is 12.1 Å². The predicted octanol–water partition coefficient (Wildman–Crippen LogP) is 3.14. The number of anilines is 1. The lowest BCUT2D eigenvalue weighted by atomic mass is 9.88. The van der Waals surface area contributed by atoms with Crippen LogP contribution in [-0.4, -0.2) is 26.2 Å². The topological polar surface area (TPSA) is 64.8 Å². The van der Waals surface area contributed by atoms with Crippen molar-refractivity contribution < 1.29 is 27.4 Å². The first-order valence-electron chi connectivity index (χ1n) is 7.75. The summed E-state index contributed by atoms with van der Waals surface area (Å²) in [5, 5.41) is 0. The van der Waals surface area contributed by atoms with Gasteiger partial charge in [-0.15, -0.1) is 0 Å². The third kappa shape index (κ3) is 2.96. The normalized spacial score (nSPS) is 19.9. The van der Waals surface area contributed by atoms with Crippen molar-refractivity contribution in [1.82, 2.24) is 0 Å². The van der Waals surface area contributed by atoms with Crippen LogP contribution in [0.4, 0.5) is 18.9 Å². The molecule has 0 saturated carbocycles. The van der Waals surface area contributed by atoms with Crippen LogP contribution >= 0.6 is 0 Å². The maximum atomic E-state index is 13.0. The van der Waals surface area contributed by atoms with Gasteiger partial charge in [-0.05, 0) is 35.9 Å². The molecule has 0 unspecified atom stereocenters. The highest BCUT2D eigenvalue weighted by Gasteiger charge is 2.47. The first kappa shape index (κ1) is 18.1. The highest BCUT2D eigenvalue weighted by atomic mass is 19.4. The summed E-state index contributed by atoms with van der Waals surface area (Å²) in [4.78, 5) is 13.5. The molecule has 0 spiro atoms. The van der Waals surface area contributed by atoms with E-state index in [1.807, 2.05) is 0 Å². The van der Waals surface area contributed by atoms with Crippen molar-refractivity contribution in [3.8, 4) is 11.5 Å². The number of β-lactam (4-membered cyclic amide) rings is 1. The Labute approximate surface area is 148 Å². The van der Waals surface area contributed by atoms with Gasteiger partial charge >= 0.3 is 6.18 Å². The fourth-order valence-corrected chi connectivity index (χ4v) is 3.02. The van der Waals surface area contributed by atoms with Crippen LogP contribution in [0.15, 0.2) is 42.5 Å². The largest absolute Gasteiger partial charge is 0.493 e. The van der Waals surface area contributed by atoms with Crippen LogP contribution in [-0.2, 0) is 11.0 Å². The molecule has 2 N–H and O–H groups in total. The number of hydrogen-bond acceptors (Lipinski definition) is 4. The minimum Gasteiger partial charge on any atom is -0.493 e. The van der Waals surface area contributed by atoms with E-state index in [0.29, 0.717) is 17.1 Å². The molecular formula is C18H17F3N2O3. The van der Waals surface area contributed by atoms with Crippen molar-refractivity contribution >= 4 is 11.6 Å². The van der Waals surface area contributed by atoms with Gasteiger partial charge in [-0.1, -0.05) is 12.1 Å². The fourth-order valence-electron chi connectivity index (χ4n) is 3.02. The number of nitrogens with zero attached hydrogens (tertiary/aromatic N) is 1. The summed E-state index contributed by atoms with van der Waals surface area (Å²) in [5.41, 5.74) is 5.89. The van der Waals surface area contributed by atoms with Crippen LogP contribution in [0.25, 0.3) is 0 Å². The predicted molar refractivity (Wildman–Crippen MR) is 89.2 cm³/mol. The van der Waals surface area contributed by atoms with E-state index in [9.17, 15) is 18.0 Å². The molecule has 1 heterocycles. The van der Waals surface area contributed by atoms with Gasteiger partial charge < -0.3 is 20.1 Å². The van der Waals surface area contributed by atoms with E-state index >= 15 is 0 Å². The molecule has 1 amide bonds. The molecule has 0 radical (unpaired) electrons. The average Bonchev–Trinajstić information content (AvgIpc) is 2.64. The molecule has 1 aliphatic rings. The summed E-state index contributed by atoms with van der Waals surface area (Å²) in [6.07, 6.45) is -4.50. The molecule has 1 fully saturated rings.